The average molecular weight is 252 g/mol. The van der Waals surface area contributed by atoms with Crippen LogP contribution in [0.2, 0.25) is 0 Å². The molecule has 0 aromatic heterocycles. The summed E-state index contributed by atoms with van der Waals surface area (Å²) in [7, 11) is -3.06. The van der Waals surface area contributed by atoms with Crippen LogP contribution in [0.15, 0.2) is 35.7 Å². The summed E-state index contributed by atoms with van der Waals surface area (Å²) in [6.07, 6.45) is 2.90. The summed E-state index contributed by atoms with van der Waals surface area (Å²) in [5, 5.41) is 1.44. The van der Waals surface area contributed by atoms with Crippen LogP contribution in [0.25, 0.3) is 5.57 Å². The van der Waals surface area contributed by atoms with Crippen LogP contribution in [0.5, 0.6) is 0 Å². The minimum absolute atomic E-state index is 0.162. The van der Waals surface area contributed by atoms with Gasteiger partial charge in [0, 0.05) is 5.41 Å². The van der Waals surface area contributed by atoms with Gasteiger partial charge in [0.2, 0.25) is 0 Å². The monoisotopic (exact) mass is 252 g/mol. The zero-order valence-electron chi connectivity index (χ0n) is 10.5. The number of hydrogen-bond donors (Lipinski definition) is 0. The van der Waals surface area contributed by atoms with E-state index < -0.39 is 9.84 Å². The minimum atomic E-state index is -3.06. The van der Waals surface area contributed by atoms with E-state index in [1.54, 1.807) is 6.92 Å². The van der Waals surface area contributed by atoms with Crippen molar-refractivity contribution < 1.29 is 8.42 Å². The molecule has 0 aliphatic heterocycles. The summed E-state index contributed by atoms with van der Waals surface area (Å²) in [5.41, 5.74) is 1.94. The van der Waals surface area contributed by atoms with Crippen LogP contribution >= 0.6 is 0 Å². The molecule has 0 spiro atoms. The van der Waals surface area contributed by atoms with Crippen molar-refractivity contribution in [2.45, 2.75) is 33.1 Å². The maximum Gasteiger partial charge on any atom is 0.171 e. The third kappa shape index (κ3) is 4.73. The van der Waals surface area contributed by atoms with Gasteiger partial charge in [0.05, 0.1) is 5.75 Å². The molecule has 17 heavy (non-hydrogen) atoms. The Morgan fingerprint density at radius 1 is 1.18 bits per heavy atom. The second kappa shape index (κ2) is 6.60. The molecule has 1 rings (SSSR count). The van der Waals surface area contributed by atoms with Crippen molar-refractivity contribution in [1.82, 2.24) is 0 Å². The first kappa shape index (κ1) is 14.0. The Hall–Kier alpha value is -1.09. The van der Waals surface area contributed by atoms with Gasteiger partial charge in [-0.25, -0.2) is 8.42 Å². The van der Waals surface area contributed by atoms with Crippen LogP contribution in [0, 0.1) is 0 Å². The first-order valence-corrected chi connectivity index (χ1v) is 7.79. The van der Waals surface area contributed by atoms with Gasteiger partial charge >= 0.3 is 0 Å². The second-order valence-corrected chi connectivity index (χ2v) is 6.20. The van der Waals surface area contributed by atoms with Crippen LogP contribution in [0.1, 0.15) is 38.7 Å². The maximum absolute atomic E-state index is 11.7. The lowest BCUT2D eigenvalue weighted by Crippen LogP contribution is -2.00. The van der Waals surface area contributed by atoms with Gasteiger partial charge in [0.1, 0.15) is 0 Å². The van der Waals surface area contributed by atoms with E-state index in [0.29, 0.717) is 0 Å². The topological polar surface area (TPSA) is 34.1 Å². The molecule has 0 aliphatic rings. The van der Waals surface area contributed by atoms with Crippen LogP contribution < -0.4 is 0 Å². The van der Waals surface area contributed by atoms with Gasteiger partial charge in [-0.05, 0) is 24.0 Å². The molecular formula is C14H20O2S. The van der Waals surface area contributed by atoms with Crippen LogP contribution in [-0.2, 0) is 9.84 Å². The highest BCUT2D eigenvalue weighted by molar-refractivity contribution is 7.94. The van der Waals surface area contributed by atoms with E-state index in [1.807, 2.05) is 30.3 Å². The summed E-state index contributed by atoms with van der Waals surface area (Å²) in [6.45, 7) is 3.78. The number of sulfone groups is 1. The zero-order chi connectivity index (χ0) is 12.7. The molecule has 0 bridgehead atoms. The van der Waals surface area contributed by atoms with E-state index in [2.05, 4.69) is 6.92 Å². The van der Waals surface area contributed by atoms with E-state index in [1.165, 1.54) is 5.41 Å². The predicted octanol–water partition coefficient (Wildman–Crippen LogP) is 3.65. The molecule has 0 heterocycles. The lowest BCUT2D eigenvalue weighted by molar-refractivity contribution is 0.605. The van der Waals surface area contributed by atoms with Gasteiger partial charge in [-0.15, -0.1) is 0 Å². The van der Waals surface area contributed by atoms with E-state index in [-0.39, 0.29) is 5.75 Å². The largest absolute Gasteiger partial charge is 0.224 e. The Balaban J connectivity index is 3.05. The van der Waals surface area contributed by atoms with Crippen molar-refractivity contribution >= 4 is 15.4 Å². The van der Waals surface area contributed by atoms with E-state index in [9.17, 15) is 8.42 Å². The Morgan fingerprint density at radius 3 is 2.35 bits per heavy atom. The molecule has 0 unspecified atom stereocenters. The van der Waals surface area contributed by atoms with Gasteiger partial charge in [-0.1, -0.05) is 50.6 Å². The number of hydrogen-bond acceptors (Lipinski definition) is 2. The van der Waals surface area contributed by atoms with Crippen molar-refractivity contribution in [3.8, 4) is 0 Å². The molecule has 1 aromatic carbocycles. The van der Waals surface area contributed by atoms with E-state index in [0.717, 1.165) is 30.4 Å². The predicted molar refractivity (Wildman–Crippen MR) is 73.4 cm³/mol. The lowest BCUT2D eigenvalue weighted by Gasteiger charge is -2.07. The fourth-order valence-electron chi connectivity index (χ4n) is 1.59. The molecule has 94 valence electrons. The summed E-state index contributed by atoms with van der Waals surface area (Å²) in [6, 6.07) is 9.75. The van der Waals surface area contributed by atoms with Gasteiger partial charge < -0.3 is 0 Å². The summed E-state index contributed by atoms with van der Waals surface area (Å²) < 4.78 is 23.3. The summed E-state index contributed by atoms with van der Waals surface area (Å²) in [4.78, 5) is 0. The van der Waals surface area contributed by atoms with Crippen molar-refractivity contribution in [3.63, 3.8) is 0 Å². The zero-order valence-corrected chi connectivity index (χ0v) is 11.3. The lowest BCUT2D eigenvalue weighted by atomic mass is 10.0. The first-order valence-electron chi connectivity index (χ1n) is 6.07. The fourth-order valence-corrected chi connectivity index (χ4v) is 2.44. The summed E-state index contributed by atoms with van der Waals surface area (Å²) >= 11 is 0. The Labute approximate surface area is 104 Å². The van der Waals surface area contributed by atoms with Crippen molar-refractivity contribution in [2.75, 3.05) is 5.75 Å². The molecule has 0 amide bonds. The summed E-state index contributed by atoms with van der Waals surface area (Å²) in [5.74, 6) is 0.162. The molecule has 0 atom stereocenters. The van der Waals surface area contributed by atoms with Gasteiger partial charge in [-0.2, -0.15) is 0 Å². The number of allylic oxidation sites excluding steroid dienone is 1. The molecule has 2 nitrogen and oxygen atoms in total. The number of unbranched alkanes of at least 4 members (excludes halogenated alkanes) is 1. The highest BCUT2D eigenvalue weighted by atomic mass is 32.2. The normalized spacial score (nSPS) is 12.7. The highest BCUT2D eigenvalue weighted by Gasteiger charge is 2.08. The average Bonchev–Trinajstić information content (AvgIpc) is 2.35. The molecule has 0 aliphatic carbocycles. The molecule has 0 saturated heterocycles. The third-order valence-corrected chi connectivity index (χ3v) is 4.12. The van der Waals surface area contributed by atoms with Crippen molar-refractivity contribution in [3.05, 3.63) is 41.3 Å². The highest BCUT2D eigenvalue weighted by Crippen LogP contribution is 2.22. The number of benzene rings is 1. The first-order chi connectivity index (χ1) is 8.09. The Morgan fingerprint density at radius 2 is 1.82 bits per heavy atom. The molecule has 0 saturated carbocycles. The molecule has 0 fully saturated rings. The van der Waals surface area contributed by atoms with Gasteiger partial charge in [-0.3, -0.25) is 0 Å². The van der Waals surface area contributed by atoms with E-state index >= 15 is 0 Å². The second-order valence-electron chi connectivity index (χ2n) is 4.06. The molecule has 1 aromatic rings. The molecular weight excluding hydrogens is 232 g/mol. The van der Waals surface area contributed by atoms with Crippen LogP contribution in [-0.4, -0.2) is 14.2 Å². The standard InChI is InChI=1S/C14H20O2S/c1-3-5-9-14(12-17(15,16)4-2)13-10-7-6-8-11-13/h6-8,10-12H,3-5,9H2,1-2H3/b14-12-. The molecule has 3 heteroatoms. The van der Waals surface area contributed by atoms with Crippen molar-refractivity contribution in [1.29, 1.82) is 0 Å². The maximum atomic E-state index is 11.7. The van der Waals surface area contributed by atoms with Gasteiger partial charge in [0.15, 0.2) is 9.84 Å². The Kier molecular flexibility index (Phi) is 5.42. The Bertz CT molecular complexity index is 458. The minimum Gasteiger partial charge on any atom is -0.224 e. The number of rotatable bonds is 6. The van der Waals surface area contributed by atoms with Crippen LogP contribution in [0.3, 0.4) is 0 Å². The molecule has 0 N–H and O–H groups in total. The molecule has 0 radical (unpaired) electrons. The van der Waals surface area contributed by atoms with Crippen molar-refractivity contribution in [2.24, 2.45) is 0 Å². The smallest absolute Gasteiger partial charge is 0.171 e. The van der Waals surface area contributed by atoms with Gasteiger partial charge in [0.25, 0.3) is 0 Å². The third-order valence-electron chi connectivity index (χ3n) is 2.67. The van der Waals surface area contributed by atoms with E-state index in [4.69, 9.17) is 0 Å². The quantitative estimate of drug-likeness (QED) is 0.774. The van der Waals surface area contributed by atoms with Crippen LogP contribution in [0.4, 0.5) is 0 Å². The SMILES string of the molecule is CCCC/C(=C/S(=O)(=O)CC)c1ccccc1. The fraction of sp³-hybridized carbons (Fsp3) is 0.429.